The number of hydrogen-bond donors (Lipinski definition) is 2. The van der Waals surface area contributed by atoms with Gasteiger partial charge in [-0.1, -0.05) is 18.2 Å². The van der Waals surface area contributed by atoms with Crippen LogP contribution in [0.4, 0.5) is 13.2 Å². The van der Waals surface area contributed by atoms with Crippen LogP contribution in [0.15, 0.2) is 42.5 Å². The van der Waals surface area contributed by atoms with Gasteiger partial charge >= 0.3 is 6.18 Å². The highest BCUT2D eigenvalue weighted by molar-refractivity contribution is 5.59. The van der Waals surface area contributed by atoms with Gasteiger partial charge in [-0.25, -0.2) is 0 Å². The molecule has 2 N–H and O–H groups in total. The Hall–Kier alpha value is -1.92. The number of pyridine rings is 1. The molecule has 1 aromatic carbocycles. The van der Waals surface area contributed by atoms with Crippen LogP contribution in [0, 0.1) is 17.8 Å². The SMILES string of the molecule is OCC1C2CCC(C2)C1NCc1cccc(-c2ccc(C(F)(F)F)cc2)n1. The Bertz CT molecular complexity index is 791. The van der Waals surface area contributed by atoms with Gasteiger partial charge in [-0.2, -0.15) is 13.2 Å². The predicted octanol–water partition coefficient (Wildman–Crippen LogP) is 4.26. The van der Waals surface area contributed by atoms with E-state index in [2.05, 4.69) is 10.3 Å². The topological polar surface area (TPSA) is 45.1 Å². The molecule has 0 aliphatic heterocycles. The third-order valence-corrected chi connectivity index (χ3v) is 6.13. The molecule has 2 saturated carbocycles. The number of aliphatic hydroxyl groups excluding tert-OH is 1. The molecular weight excluding hydrogens is 353 g/mol. The number of nitrogens with one attached hydrogen (secondary N) is 1. The average Bonchev–Trinajstić information content (AvgIpc) is 3.27. The highest BCUT2D eigenvalue weighted by Gasteiger charge is 2.46. The minimum atomic E-state index is -4.33. The number of rotatable bonds is 5. The third-order valence-electron chi connectivity index (χ3n) is 6.13. The van der Waals surface area contributed by atoms with Crippen molar-refractivity contribution in [3.63, 3.8) is 0 Å². The summed E-state index contributed by atoms with van der Waals surface area (Å²) in [5.41, 5.74) is 1.52. The van der Waals surface area contributed by atoms with E-state index in [1.807, 2.05) is 12.1 Å². The third kappa shape index (κ3) is 3.73. The number of benzene rings is 1. The first-order chi connectivity index (χ1) is 13.0. The number of fused-ring (bicyclic) bond motifs is 2. The first-order valence-electron chi connectivity index (χ1n) is 9.43. The Labute approximate surface area is 156 Å². The lowest BCUT2D eigenvalue weighted by Crippen LogP contribution is -2.42. The average molecular weight is 376 g/mol. The molecule has 2 bridgehead atoms. The maximum absolute atomic E-state index is 12.7. The lowest BCUT2D eigenvalue weighted by Gasteiger charge is -2.30. The highest BCUT2D eigenvalue weighted by Crippen LogP contribution is 2.48. The van der Waals surface area contributed by atoms with Crippen molar-refractivity contribution < 1.29 is 18.3 Å². The van der Waals surface area contributed by atoms with Crippen LogP contribution in [0.2, 0.25) is 0 Å². The summed E-state index contributed by atoms with van der Waals surface area (Å²) in [6.07, 6.45) is -0.697. The molecule has 4 unspecified atom stereocenters. The zero-order valence-electron chi connectivity index (χ0n) is 14.9. The normalized spacial score (nSPS) is 27.3. The second-order valence-corrected chi connectivity index (χ2v) is 7.68. The van der Waals surface area contributed by atoms with E-state index in [1.54, 1.807) is 6.07 Å². The van der Waals surface area contributed by atoms with Crippen molar-refractivity contribution in [3.05, 3.63) is 53.7 Å². The van der Waals surface area contributed by atoms with E-state index < -0.39 is 11.7 Å². The monoisotopic (exact) mass is 376 g/mol. The summed E-state index contributed by atoms with van der Waals surface area (Å²) in [4.78, 5) is 4.60. The van der Waals surface area contributed by atoms with Crippen molar-refractivity contribution in [1.29, 1.82) is 0 Å². The maximum Gasteiger partial charge on any atom is 0.416 e. The van der Waals surface area contributed by atoms with Crippen LogP contribution >= 0.6 is 0 Å². The lowest BCUT2D eigenvalue weighted by atomic mass is 9.85. The summed E-state index contributed by atoms with van der Waals surface area (Å²) in [5, 5.41) is 13.3. The number of nitrogens with zero attached hydrogens (tertiary/aromatic N) is 1. The van der Waals surface area contributed by atoms with Gasteiger partial charge in [0.25, 0.3) is 0 Å². The van der Waals surface area contributed by atoms with E-state index in [0.29, 0.717) is 41.6 Å². The first kappa shape index (κ1) is 18.4. The minimum absolute atomic E-state index is 0.220. The molecule has 0 saturated heterocycles. The fourth-order valence-electron chi connectivity index (χ4n) is 4.78. The van der Waals surface area contributed by atoms with Gasteiger partial charge in [0.1, 0.15) is 0 Å². The Balaban J connectivity index is 1.45. The number of hydrogen-bond acceptors (Lipinski definition) is 3. The smallest absolute Gasteiger partial charge is 0.396 e. The molecule has 2 fully saturated rings. The van der Waals surface area contributed by atoms with Crippen molar-refractivity contribution in [2.24, 2.45) is 17.8 Å². The Kier molecular flexibility index (Phi) is 4.95. The van der Waals surface area contributed by atoms with Crippen molar-refractivity contribution >= 4 is 0 Å². The molecule has 1 heterocycles. The van der Waals surface area contributed by atoms with E-state index in [9.17, 15) is 18.3 Å². The van der Waals surface area contributed by atoms with E-state index in [0.717, 1.165) is 17.8 Å². The minimum Gasteiger partial charge on any atom is -0.396 e. The summed E-state index contributed by atoms with van der Waals surface area (Å²) in [7, 11) is 0. The van der Waals surface area contributed by atoms with Gasteiger partial charge in [0.2, 0.25) is 0 Å². The fourth-order valence-corrected chi connectivity index (χ4v) is 4.78. The number of aromatic nitrogens is 1. The molecule has 6 heteroatoms. The number of aliphatic hydroxyl groups is 1. The quantitative estimate of drug-likeness (QED) is 0.819. The molecule has 27 heavy (non-hydrogen) atoms. The molecule has 3 nitrogen and oxygen atoms in total. The molecule has 1 aromatic heterocycles. The van der Waals surface area contributed by atoms with Crippen LogP contribution in [-0.4, -0.2) is 22.7 Å². The van der Waals surface area contributed by atoms with Crippen molar-refractivity contribution in [2.75, 3.05) is 6.61 Å². The fraction of sp³-hybridized carbons (Fsp3) is 0.476. The molecular formula is C21H23F3N2O. The highest BCUT2D eigenvalue weighted by atomic mass is 19.4. The molecule has 4 atom stereocenters. The summed E-state index contributed by atoms with van der Waals surface area (Å²) < 4.78 is 38.2. The van der Waals surface area contributed by atoms with Gasteiger partial charge < -0.3 is 10.4 Å². The largest absolute Gasteiger partial charge is 0.416 e. The van der Waals surface area contributed by atoms with Crippen molar-refractivity contribution in [1.82, 2.24) is 10.3 Å². The van der Waals surface area contributed by atoms with E-state index in [-0.39, 0.29) is 6.61 Å². The Morgan fingerprint density at radius 2 is 1.78 bits per heavy atom. The van der Waals surface area contributed by atoms with Gasteiger partial charge in [-0.05, 0) is 55.4 Å². The molecule has 2 aliphatic carbocycles. The number of halogens is 3. The molecule has 2 aliphatic rings. The summed E-state index contributed by atoms with van der Waals surface area (Å²) >= 11 is 0. The predicted molar refractivity (Wildman–Crippen MR) is 96.7 cm³/mol. The summed E-state index contributed by atoms with van der Waals surface area (Å²) in [6, 6.07) is 11.0. The first-order valence-corrected chi connectivity index (χ1v) is 9.43. The van der Waals surface area contributed by atoms with Crippen LogP contribution < -0.4 is 5.32 Å². The molecule has 0 radical (unpaired) electrons. The van der Waals surface area contributed by atoms with Gasteiger partial charge in [0, 0.05) is 30.7 Å². The summed E-state index contributed by atoms with van der Waals surface area (Å²) in [5.74, 6) is 1.58. The Morgan fingerprint density at radius 1 is 1.04 bits per heavy atom. The second-order valence-electron chi connectivity index (χ2n) is 7.68. The molecule has 2 aromatic rings. The van der Waals surface area contributed by atoms with E-state index in [4.69, 9.17) is 0 Å². The van der Waals surface area contributed by atoms with Crippen molar-refractivity contribution in [2.45, 2.75) is 38.0 Å². The molecule has 0 amide bonds. The summed E-state index contributed by atoms with van der Waals surface area (Å²) in [6.45, 7) is 0.816. The zero-order chi connectivity index (χ0) is 19.0. The number of alkyl halides is 3. The van der Waals surface area contributed by atoms with Gasteiger partial charge in [0.15, 0.2) is 0 Å². The van der Waals surface area contributed by atoms with Crippen molar-refractivity contribution in [3.8, 4) is 11.3 Å². The van der Waals surface area contributed by atoms with Crippen LogP contribution in [0.25, 0.3) is 11.3 Å². The standard InChI is InChI=1S/C21H23F3N2O/c22-21(23,24)16-8-6-13(7-9-16)19-3-1-2-17(26-19)11-25-20-15-5-4-14(10-15)18(20)12-27/h1-3,6-9,14-15,18,20,25,27H,4-5,10-12H2. The Morgan fingerprint density at radius 3 is 2.48 bits per heavy atom. The van der Waals surface area contributed by atoms with Gasteiger partial charge in [0.05, 0.1) is 17.0 Å². The van der Waals surface area contributed by atoms with E-state index in [1.165, 1.54) is 31.4 Å². The molecule has 0 spiro atoms. The zero-order valence-corrected chi connectivity index (χ0v) is 14.9. The van der Waals surface area contributed by atoms with Crippen LogP contribution in [-0.2, 0) is 12.7 Å². The second kappa shape index (κ2) is 7.24. The maximum atomic E-state index is 12.7. The van der Waals surface area contributed by atoms with Crippen LogP contribution in [0.5, 0.6) is 0 Å². The molecule has 4 rings (SSSR count). The van der Waals surface area contributed by atoms with Gasteiger partial charge in [-0.3, -0.25) is 4.98 Å². The van der Waals surface area contributed by atoms with Gasteiger partial charge in [-0.15, -0.1) is 0 Å². The molecule has 144 valence electrons. The van der Waals surface area contributed by atoms with Crippen LogP contribution in [0.3, 0.4) is 0 Å². The van der Waals surface area contributed by atoms with Crippen LogP contribution in [0.1, 0.15) is 30.5 Å². The lowest BCUT2D eigenvalue weighted by molar-refractivity contribution is -0.137. The van der Waals surface area contributed by atoms with E-state index >= 15 is 0 Å².